The van der Waals surface area contributed by atoms with Crippen molar-refractivity contribution in [3.63, 3.8) is 0 Å². The first-order valence-electron chi connectivity index (χ1n) is 1.37. The minimum Gasteiger partial charge on any atom is -0.197 e. The second-order valence-corrected chi connectivity index (χ2v) is 2.26. The van der Waals surface area contributed by atoms with Crippen LogP contribution in [0.5, 0.6) is 0 Å². The minimum absolute atomic E-state index is 0.938. The molecule has 0 spiro atoms. The molecule has 4 nitrogen and oxygen atoms in total. The Morgan fingerprint density at radius 3 is 2.00 bits per heavy atom. The standard InChI is InChI=1S/C2H2NO3S/c3-1-2-7(4,5)6/h2H2. The zero-order chi connectivity index (χ0) is 5.91. The van der Waals surface area contributed by atoms with E-state index in [1.165, 1.54) is 6.07 Å². The van der Waals surface area contributed by atoms with Crippen molar-refractivity contribution in [3.05, 3.63) is 0 Å². The lowest BCUT2D eigenvalue weighted by molar-refractivity contribution is 0.418. The van der Waals surface area contributed by atoms with Gasteiger partial charge in [-0.1, -0.05) is 4.55 Å². The molecule has 0 aliphatic rings. The maximum atomic E-state index is 9.45. The van der Waals surface area contributed by atoms with Gasteiger partial charge in [-0.05, 0) is 0 Å². The molecule has 0 heterocycles. The molecule has 0 aromatic carbocycles. The quantitative estimate of drug-likeness (QED) is 0.457. The van der Waals surface area contributed by atoms with Crippen LogP contribution in [0.1, 0.15) is 0 Å². The van der Waals surface area contributed by atoms with Gasteiger partial charge in [0.15, 0.2) is 5.75 Å². The third-order valence-electron chi connectivity index (χ3n) is 0.241. The lowest BCUT2D eigenvalue weighted by Crippen LogP contribution is -1.97. The zero-order valence-corrected chi connectivity index (χ0v) is 4.10. The van der Waals surface area contributed by atoms with Gasteiger partial charge in [-0.3, -0.25) is 0 Å². The van der Waals surface area contributed by atoms with Crippen LogP contribution in [0.25, 0.3) is 0 Å². The zero-order valence-electron chi connectivity index (χ0n) is 3.29. The number of hydrogen-bond donors (Lipinski definition) is 0. The van der Waals surface area contributed by atoms with Gasteiger partial charge >= 0.3 is 10.1 Å². The summed E-state index contributed by atoms with van der Waals surface area (Å²) in [6.45, 7) is 0. The molecule has 7 heavy (non-hydrogen) atoms. The average molecular weight is 120 g/mol. The lowest BCUT2D eigenvalue weighted by Gasteiger charge is -1.73. The molecule has 0 aromatic rings. The number of nitrogens with zero attached hydrogens (tertiary/aromatic N) is 1. The van der Waals surface area contributed by atoms with E-state index in [2.05, 4.69) is 0 Å². The predicted molar refractivity (Wildman–Crippen MR) is 20.1 cm³/mol. The van der Waals surface area contributed by atoms with Crippen molar-refractivity contribution in [2.75, 3.05) is 5.75 Å². The SMILES string of the molecule is N#CCS([O])(=O)=O. The normalized spacial score (nSPS) is 10.3. The molecule has 0 atom stereocenters. The number of nitriles is 1. The van der Waals surface area contributed by atoms with E-state index in [1.807, 2.05) is 0 Å². The Labute approximate surface area is 41.1 Å². The highest BCUT2D eigenvalue weighted by Crippen LogP contribution is 1.76. The maximum Gasteiger partial charge on any atom is 0.308 e. The Morgan fingerprint density at radius 1 is 1.57 bits per heavy atom. The molecule has 0 fully saturated rings. The summed E-state index contributed by atoms with van der Waals surface area (Å²) in [5.41, 5.74) is 0. The van der Waals surface area contributed by atoms with Crippen molar-refractivity contribution in [3.8, 4) is 6.07 Å². The largest absolute Gasteiger partial charge is 0.308 e. The molecule has 0 rings (SSSR count). The first-order chi connectivity index (χ1) is 3.06. The van der Waals surface area contributed by atoms with Crippen molar-refractivity contribution in [2.45, 2.75) is 0 Å². The monoisotopic (exact) mass is 120 g/mol. The van der Waals surface area contributed by atoms with Crippen LogP contribution in [0.4, 0.5) is 0 Å². The van der Waals surface area contributed by atoms with Crippen LogP contribution in [0, 0.1) is 11.3 Å². The first-order valence-corrected chi connectivity index (χ1v) is 2.94. The van der Waals surface area contributed by atoms with Crippen LogP contribution in [0.2, 0.25) is 0 Å². The summed E-state index contributed by atoms with van der Waals surface area (Å²) in [6, 6.07) is 1.21. The summed E-state index contributed by atoms with van der Waals surface area (Å²) in [6.07, 6.45) is 0. The van der Waals surface area contributed by atoms with Gasteiger partial charge < -0.3 is 0 Å². The van der Waals surface area contributed by atoms with Crippen LogP contribution in [-0.4, -0.2) is 14.2 Å². The van der Waals surface area contributed by atoms with Gasteiger partial charge in [-0.15, -0.1) is 0 Å². The Hall–Kier alpha value is -0.600. The first kappa shape index (κ1) is 6.40. The third kappa shape index (κ3) is 5.40. The maximum absolute atomic E-state index is 9.45. The van der Waals surface area contributed by atoms with Crippen molar-refractivity contribution < 1.29 is 13.0 Å². The second-order valence-electron chi connectivity index (χ2n) is 0.860. The molecule has 0 aromatic heterocycles. The smallest absolute Gasteiger partial charge is 0.197 e. The molecule has 1 radical (unpaired) electrons. The molecule has 0 amide bonds. The third-order valence-corrected chi connectivity index (χ3v) is 0.724. The summed E-state index contributed by atoms with van der Waals surface area (Å²) in [5, 5.41) is 7.57. The summed E-state index contributed by atoms with van der Waals surface area (Å²) < 4.78 is 28.4. The van der Waals surface area contributed by atoms with Crippen LogP contribution in [0.3, 0.4) is 0 Å². The Bertz CT molecular complexity index is 174. The highest BCUT2D eigenvalue weighted by molar-refractivity contribution is 7.85. The fourth-order valence-corrected chi connectivity index (χ4v) is 0.237. The molecular weight excluding hydrogens is 118 g/mol. The van der Waals surface area contributed by atoms with E-state index in [0.717, 1.165) is 0 Å². The van der Waals surface area contributed by atoms with Gasteiger partial charge in [0.2, 0.25) is 0 Å². The number of rotatable bonds is 1. The predicted octanol–water partition coefficient (Wildman–Crippen LogP) is -0.730. The van der Waals surface area contributed by atoms with Gasteiger partial charge in [-0.2, -0.15) is 13.7 Å². The van der Waals surface area contributed by atoms with E-state index >= 15 is 0 Å². The highest BCUT2D eigenvalue weighted by atomic mass is 32.2. The Kier molecular flexibility index (Phi) is 1.75. The highest BCUT2D eigenvalue weighted by Gasteiger charge is 2.02. The van der Waals surface area contributed by atoms with E-state index < -0.39 is 15.9 Å². The molecule has 0 bridgehead atoms. The fourth-order valence-electron chi connectivity index (χ4n) is 0.0791. The van der Waals surface area contributed by atoms with Crippen LogP contribution in [-0.2, 0) is 14.7 Å². The van der Waals surface area contributed by atoms with Crippen molar-refractivity contribution in [2.24, 2.45) is 0 Å². The number of hydrogen-bond acceptors (Lipinski definition) is 3. The van der Waals surface area contributed by atoms with Gasteiger partial charge in [-0.25, -0.2) is 0 Å². The summed E-state index contributed by atoms with van der Waals surface area (Å²) in [7, 11) is -4.29. The Morgan fingerprint density at radius 2 is 2.00 bits per heavy atom. The molecule has 5 heteroatoms. The van der Waals surface area contributed by atoms with Crippen molar-refractivity contribution in [1.82, 2.24) is 0 Å². The molecular formula is C2H2NO3S. The van der Waals surface area contributed by atoms with Gasteiger partial charge in [0.1, 0.15) is 0 Å². The van der Waals surface area contributed by atoms with E-state index in [1.54, 1.807) is 0 Å². The summed E-state index contributed by atoms with van der Waals surface area (Å²) in [4.78, 5) is 0. The molecule has 0 saturated heterocycles. The van der Waals surface area contributed by atoms with E-state index in [0.29, 0.717) is 0 Å². The molecule has 0 aliphatic carbocycles. The van der Waals surface area contributed by atoms with E-state index in [-0.39, 0.29) is 0 Å². The van der Waals surface area contributed by atoms with Gasteiger partial charge in [0.05, 0.1) is 6.07 Å². The second kappa shape index (κ2) is 1.91. The fraction of sp³-hybridized carbons (Fsp3) is 0.500. The van der Waals surface area contributed by atoms with Crippen LogP contribution in [0.15, 0.2) is 0 Å². The van der Waals surface area contributed by atoms with Crippen molar-refractivity contribution >= 4 is 10.1 Å². The van der Waals surface area contributed by atoms with E-state index in [4.69, 9.17) is 5.26 Å². The van der Waals surface area contributed by atoms with E-state index in [9.17, 15) is 13.0 Å². The molecule has 0 aliphatic heterocycles. The summed E-state index contributed by atoms with van der Waals surface area (Å²) >= 11 is 0. The van der Waals surface area contributed by atoms with Crippen LogP contribution >= 0.6 is 0 Å². The topological polar surface area (TPSA) is 77.8 Å². The van der Waals surface area contributed by atoms with Crippen LogP contribution < -0.4 is 0 Å². The lowest BCUT2D eigenvalue weighted by atomic mass is 10.9. The van der Waals surface area contributed by atoms with Gasteiger partial charge in [0, 0.05) is 0 Å². The minimum atomic E-state index is -4.29. The molecule has 0 N–H and O–H groups in total. The van der Waals surface area contributed by atoms with Gasteiger partial charge in [0.25, 0.3) is 0 Å². The molecule has 0 unspecified atom stereocenters. The molecule has 39 valence electrons. The average Bonchev–Trinajstić information content (AvgIpc) is 1.30. The summed E-state index contributed by atoms with van der Waals surface area (Å²) in [5.74, 6) is -0.938. The van der Waals surface area contributed by atoms with Crippen molar-refractivity contribution in [1.29, 1.82) is 5.26 Å². The Balaban J connectivity index is 3.92. The molecule has 0 saturated carbocycles.